The van der Waals surface area contributed by atoms with E-state index in [0.29, 0.717) is 6.54 Å². The van der Waals surface area contributed by atoms with Gasteiger partial charge in [-0.15, -0.1) is 11.3 Å². The van der Waals surface area contributed by atoms with Crippen LogP contribution in [0.5, 0.6) is 0 Å². The Bertz CT molecular complexity index is 829. The number of rotatable bonds is 4. The minimum atomic E-state index is -0.0211. The second-order valence-corrected chi connectivity index (χ2v) is 6.68. The van der Waals surface area contributed by atoms with E-state index in [2.05, 4.69) is 31.3 Å². The molecule has 2 aromatic heterocycles. The smallest absolute Gasteiger partial charge is 0.268 e. The molecule has 4 heteroatoms. The molecule has 0 radical (unpaired) electrons. The van der Waals surface area contributed by atoms with Crippen LogP contribution in [-0.2, 0) is 20.0 Å². The quantitative estimate of drug-likeness (QED) is 0.775. The number of amides is 1. The molecule has 1 aromatic carbocycles. The first-order chi connectivity index (χ1) is 10.6. The normalized spacial score (nSPS) is 11.0. The van der Waals surface area contributed by atoms with Gasteiger partial charge in [0.1, 0.15) is 5.69 Å². The monoisotopic (exact) mass is 312 g/mol. The molecule has 0 unspecified atom stereocenters. The lowest BCUT2D eigenvalue weighted by molar-refractivity contribution is 0.0943. The van der Waals surface area contributed by atoms with Crippen LogP contribution in [0, 0.1) is 6.92 Å². The second kappa shape index (κ2) is 5.97. The van der Waals surface area contributed by atoms with Crippen LogP contribution < -0.4 is 5.32 Å². The standard InChI is InChI=1S/C18H20N2OS/c1-4-14-9-15-17(22-14)10-16(20(15)3)18(21)19-11-13-8-6-5-7-12(13)2/h5-10H,4,11H2,1-3H3,(H,19,21). The SMILES string of the molecule is CCc1cc2c(cc(C(=O)NCc3ccccc3C)n2C)s1. The molecule has 0 aliphatic rings. The van der Waals surface area contributed by atoms with Crippen molar-refractivity contribution in [2.24, 2.45) is 7.05 Å². The maximum atomic E-state index is 12.4. The van der Waals surface area contributed by atoms with Gasteiger partial charge in [0.25, 0.3) is 5.91 Å². The zero-order chi connectivity index (χ0) is 15.7. The van der Waals surface area contributed by atoms with E-state index in [1.54, 1.807) is 11.3 Å². The number of fused-ring (bicyclic) bond motifs is 1. The van der Waals surface area contributed by atoms with Gasteiger partial charge in [0.05, 0.1) is 10.2 Å². The van der Waals surface area contributed by atoms with Crippen LogP contribution in [0.1, 0.15) is 33.4 Å². The minimum absolute atomic E-state index is 0.0211. The third-order valence-corrected chi connectivity index (χ3v) is 5.28. The molecule has 0 fully saturated rings. The summed E-state index contributed by atoms with van der Waals surface area (Å²) < 4.78 is 3.17. The van der Waals surface area contributed by atoms with Crippen LogP contribution in [0.25, 0.3) is 10.2 Å². The number of carbonyl (C=O) groups excluding carboxylic acids is 1. The summed E-state index contributed by atoms with van der Waals surface area (Å²) in [6, 6.07) is 12.3. The second-order valence-electron chi connectivity index (χ2n) is 5.51. The third-order valence-electron chi connectivity index (χ3n) is 4.06. The molecule has 0 saturated heterocycles. The summed E-state index contributed by atoms with van der Waals surface area (Å²) in [6.07, 6.45) is 1.04. The van der Waals surface area contributed by atoms with Crippen LogP contribution in [0.4, 0.5) is 0 Å². The third kappa shape index (κ3) is 2.66. The molecule has 114 valence electrons. The van der Waals surface area contributed by atoms with Gasteiger partial charge in [0.15, 0.2) is 0 Å². The average Bonchev–Trinajstić information content (AvgIpc) is 3.05. The van der Waals surface area contributed by atoms with Crippen LogP contribution in [0.3, 0.4) is 0 Å². The van der Waals surface area contributed by atoms with Gasteiger partial charge in [-0.05, 0) is 36.6 Å². The Kier molecular flexibility index (Phi) is 4.03. The molecule has 3 nitrogen and oxygen atoms in total. The van der Waals surface area contributed by atoms with Gasteiger partial charge in [0.2, 0.25) is 0 Å². The zero-order valence-corrected chi connectivity index (χ0v) is 14.0. The van der Waals surface area contributed by atoms with Gasteiger partial charge in [0, 0.05) is 18.5 Å². The van der Waals surface area contributed by atoms with Crippen molar-refractivity contribution in [1.29, 1.82) is 0 Å². The Balaban J connectivity index is 1.79. The van der Waals surface area contributed by atoms with Gasteiger partial charge in [-0.1, -0.05) is 31.2 Å². The van der Waals surface area contributed by atoms with Crippen molar-refractivity contribution >= 4 is 27.5 Å². The predicted octanol–water partition coefficient (Wildman–Crippen LogP) is 4.04. The van der Waals surface area contributed by atoms with Gasteiger partial charge < -0.3 is 9.88 Å². The lowest BCUT2D eigenvalue weighted by Gasteiger charge is -2.08. The lowest BCUT2D eigenvalue weighted by Crippen LogP contribution is -2.25. The maximum Gasteiger partial charge on any atom is 0.268 e. The van der Waals surface area contributed by atoms with Crippen molar-refractivity contribution in [2.75, 3.05) is 0 Å². The number of hydrogen-bond donors (Lipinski definition) is 1. The summed E-state index contributed by atoms with van der Waals surface area (Å²) in [5.41, 5.74) is 4.21. The molecule has 0 saturated carbocycles. The highest BCUT2D eigenvalue weighted by Gasteiger charge is 2.15. The Morgan fingerprint density at radius 2 is 2.05 bits per heavy atom. The number of nitrogens with one attached hydrogen (secondary N) is 1. The van der Waals surface area contributed by atoms with Gasteiger partial charge in [-0.25, -0.2) is 0 Å². The van der Waals surface area contributed by atoms with Crippen LogP contribution in [0.2, 0.25) is 0 Å². The Morgan fingerprint density at radius 1 is 1.27 bits per heavy atom. The number of benzene rings is 1. The van der Waals surface area contributed by atoms with Crippen molar-refractivity contribution in [3.8, 4) is 0 Å². The van der Waals surface area contributed by atoms with E-state index in [0.717, 1.165) is 23.2 Å². The number of hydrogen-bond acceptors (Lipinski definition) is 2. The van der Waals surface area contributed by atoms with E-state index in [4.69, 9.17) is 0 Å². The minimum Gasteiger partial charge on any atom is -0.347 e. The molecule has 0 bridgehead atoms. The number of thiophene rings is 1. The summed E-state index contributed by atoms with van der Waals surface area (Å²) in [6.45, 7) is 4.78. The summed E-state index contributed by atoms with van der Waals surface area (Å²) >= 11 is 1.77. The Labute approximate surface area is 134 Å². The van der Waals surface area contributed by atoms with Gasteiger partial charge in [-0.3, -0.25) is 4.79 Å². The summed E-state index contributed by atoms with van der Waals surface area (Å²) in [7, 11) is 1.96. The number of aromatic nitrogens is 1. The van der Waals surface area contributed by atoms with Crippen molar-refractivity contribution < 1.29 is 4.79 Å². The van der Waals surface area contributed by atoms with Crippen molar-refractivity contribution in [2.45, 2.75) is 26.8 Å². The maximum absolute atomic E-state index is 12.4. The van der Waals surface area contributed by atoms with E-state index in [-0.39, 0.29) is 5.91 Å². The molecule has 0 spiro atoms. The van der Waals surface area contributed by atoms with Crippen molar-refractivity contribution in [1.82, 2.24) is 9.88 Å². The van der Waals surface area contributed by atoms with E-state index in [1.807, 2.05) is 35.9 Å². The molecular formula is C18H20N2OS. The number of carbonyl (C=O) groups is 1. The summed E-state index contributed by atoms with van der Waals surface area (Å²) in [4.78, 5) is 13.8. The molecule has 1 N–H and O–H groups in total. The molecule has 0 atom stereocenters. The predicted molar refractivity (Wildman–Crippen MR) is 92.5 cm³/mol. The molecule has 1 amide bonds. The molecule has 0 aliphatic carbocycles. The average molecular weight is 312 g/mol. The first-order valence-electron chi connectivity index (χ1n) is 7.51. The van der Waals surface area contributed by atoms with Gasteiger partial charge in [-0.2, -0.15) is 0 Å². The summed E-state index contributed by atoms with van der Waals surface area (Å²) in [5, 5.41) is 3.02. The highest BCUT2D eigenvalue weighted by Crippen LogP contribution is 2.28. The molecule has 0 aliphatic heterocycles. The molecule has 3 aromatic rings. The van der Waals surface area contributed by atoms with E-state index >= 15 is 0 Å². The lowest BCUT2D eigenvalue weighted by atomic mass is 10.1. The molecule has 22 heavy (non-hydrogen) atoms. The van der Waals surface area contributed by atoms with Crippen molar-refractivity contribution in [3.05, 3.63) is 58.1 Å². The van der Waals surface area contributed by atoms with Crippen molar-refractivity contribution in [3.63, 3.8) is 0 Å². The fourth-order valence-electron chi connectivity index (χ4n) is 2.63. The fourth-order valence-corrected chi connectivity index (χ4v) is 3.70. The number of nitrogens with zero attached hydrogens (tertiary/aromatic N) is 1. The van der Waals surface area contributed by atoms with E-state index in [9.17, 15) is 4.79 Å². The molecular weight excluding hydrogens is 292 g/mol. The zero-order valence-electron chi connectivity index (χ0n) is 13.1. The summed E-state index contributed by atoms with van der Waals surface area (Å²) in [5.74, 6) is -0.0211. The first-order valence-corrected chi connectivity index (χ1v) is 8.32. The number of aryl methyl sites for hydroxylation is 3. The van der Waals surface area contributed by atoms with E-state index < -0.39 is 0 Å². The van der Waals surface area contributed by atoms with E-state index in [1.165, 1.54) is 15.1 Å². The topological polar surface area (TPSA) is 34.0 Å². The van der Waals surface area contributed by atoms with Gasteiger partial charge >= 0.3 is 0 Å². The highest BCUT2D eigenvalue weighted by molar-refractivity contribution is 7.19. The fraction of sp³-hybridized carbons (Fsp3) is 0.278. The van der Waals surface area contributed by atoms with Crippen LogP contribution >= 0.6 is 11.3 Å². The van der Waals surface area contributed by atoms with Crippen LogP contribution in [0.15, 0.2) is 36.4 Å². The highest BCUT2D eigenvalue weighted by atomic mass is 32.1. The molecule has 3 rings (SSSR count). The largest absolute Gasteiger partial charge is 0.347 e. The van der Waals surface area contributed by atoms with Crippen LogP contribution in [-0.4, -0.2) is 10.5 Å². The first kappa shape index (κ1) is 14.9. The Hall–Kier alpha value is -2.07. The Morgan fingerprint density at radius 3 is 2.73 bits per heavy atom. The molecule has 2 heterocycles.